The number of hydrogen-bond donors (Lipinski definition) is 1. The van der Waals surface area contributed by atoms with Crippen molar-refractivity contribution in [2.45, 2.75) is 33.6 Å². The maximum absolute atomic E-state index is 12.9. The van der Waals surface area contributed by atoms with Gasteiger partial charge >= 0.3 is 0 Å². The number of ketones is 1. The molecule has 1 heterocycles. The largest absolute Gasteiger partial charge is 0.340 e. The van der Waals surface area contributed by atoms with E-state index in [1.165, 1.54) is 5.57 Å². The average molecular weight is 307 g/mol. The van der Waals surface area contributed by atoms with Crippen LogP contribution in [0.4, 0.5) is 0 Å². The molecule has 118 valence electrons. The molecule has 4 nitrogen and oxygen atoms in total. The van der Waals surface area contributed by atoms with Crippen LogP contribution in [0.1, 0.15) is 39.4 Å². The van der Waals surface area contributed by atoms with Gasteiger partial charge in [0.15, 0.2) is 11.7 Å². The number of nitrogens with zero attached hydrogens (tertiary/aromatic N) is 2. The Kier molecular flexibility index (Phi) is 3.60. The first-order valence-electron chi connectivity index (χ1n) is 7.89. The molecule has 23 heavy (non-hydrogen) atoms. The molecule has 4 heteroatoms. The van der Waals surface area contributed by atoms with Crippen LogP contribution in [-0.2, 0) is 4.79 Å². The second-order valence-electron chi connectivity index (χ2n) is 7.17. The monoisotopic (exact) mass is 307 g/mol. The van der Waals surface area contributed by atoms with Gasteiger partial charge in [-0.05, 0) is 37.3 Å². The van der Waals surface area contributed by atoms with E-state index >= 15 is 0 Å². The Hall–Kier alpha value is -2.41. The molecule has 3 unspecified atom stereocenters. The Morgan fingerprint density at radius 2 is 2.09 bits per heavy atom. The van der Waals surface area contributed by atoms with Gasteiger partial charge in [-0.25, -0.2) is 4.98 Å². The molecule has 3 rings (SSSR count). The van der Waals surface area contributed by atoms with Gasteiger partial charge in [0.25, 0.3) is 0 Å². The van der Waals surface area contributed by atoms with Crippen molar-refractivity contribution < 1.29 is 4.79 Å². The predicted octanol–water partition coefficient (Wildman–Crippen LogP) is 3.98. The van der Waals surface area contributed by atoms with Crippen LogP contribution in [0.2, 0.25) is 0 Å². The van der Waals surface area contributed by atoms with Gasteiger partial charge in [0.2, 0.25) is 0 Å². The zero-order valence-corrected chi connectivity index (χ0v) is 13.9. The molecule has 1 saturated carbocycles. The van der Waals surface area contributed by atoms with Crippen LogP contribution in [0.3, 0.4) is 0 Å². The summed E-state index contributed by atoms with van der Waals surface area (Å²) in [6.45, 7) is 8.26. The highest BCUT2D eigenvalue weighted by Gasteiger charge is 2.61. The highest BCUT2D eigenvalue weighted by atomic mass is 16.1. The summed E-state index contributed by atoms with van der Waals surface area (Å²) in [5.41, 5.74) is 2.75. The summed E-state index contributed by atoms with van der Waals surface area (Å²) in [5, 5.41) is 9.54. The van der Waals surface area contributed by atoms with E-state index in [9.17, 15) is 10.1 Å². The summed E-state index contributed by atoms with van der Waals surface area (Å²) in [7, 11) is 0. The van der Waals surface area contributed by atoms with Crippen LogP contribution < -0.4 is 0 Å². The van der Waals surface area contributed by atoms with E-state index in [0.717, 1.165) is 11.0 Å². The molecule has 1 aromatic carbocycles. The molecule has 1 aliphatic carbocycles. The number of nitriles is 1. The molecule has 0 spiro atoms. The average Bonchev–Trinajstić information content (AvgIpc) is 2.84. The third-order valence-electron chi connectivity index (χ3n) is 4.82. The number of Topliss-reactive ketones (excluding diaryl/α,β-unsaturated/α-hetero) is 1. The Morgan fingerprint density at radius 3 is 2.70 bits per heavy atom. The van der Waals surface area contributed by atoms with Crippen molar-refractivity contribution >= 4 is 16.8 Å². The topological polar surface area (TPSA) is 69.5 Å². The number of benzene rings is 1. The maximum atomic E-state index is 12.9. The molecule has 1 aromatic heterocycles. The van der Waals surface area contributed by atoms with Gasteiger partial charge in [0.05, 0.1) is 17.1 Å². The highest BCUT2D eigenvalue weighted by Crippen LogP contribution is 2.60. The smallest absolute Gasteiger partial charge is 0.162 e. The second kappa shape index (κ2) is 5.34. The molecule has 1 aliphatic rings. The van der Waals surface area contributed by atoms with Gasteiger partial charge in [-0.15, -0.1) is 0 Å². The Bertz CT molecular complexity index is 801. The van der Waals surface area contributed by atoms with Crippen molar-refractivity contribution in [3.05, 3.63) is 41.7 Å². The molecule has 1 N–H and O–H groups in total. The SMILES string of the molecule is CC(C)=CC1C(C(=O)C(C#N)c2nc3ccccc3[nH]2)C1(C)C. The van der Waals surface area contributed by atoms with Gasteiger partial charge in [0, 0.05) is 5.92 Å². The summed E-state index contributed by atoms with van der Waals surface area (Å²) in [4.78, 5) is 20.5. The molecule has 0 amide bonds. The number of imidazole rings is 1. The zero-order valence-electron chi connectivity index (χ0n) is 13.9. The second-order valence-corrected chi connectivity index (χ2v) is 7.17. The van der Waals surface area contributed by atoms with Crippen molar-refractivity contribution in [1.29, 1.82) is 5.26 Å². The molecular weight excluding hydrogens is 286 g/mol. The first-order chi connectivity index (χ1) is 10.9. The highest BCUT2D eigenvalue weighted by molar-refractivity contribution is 5.94. The fourth-order valence-electron chi connectivity index (χ4n) is 3.44. The van der Waals surface area contributed by atoms with Crippen molar-refractivity contribution in [3.8, 4) is 6.07 Å². The molecule has 0 aliphatic heterocycles. The standard InChI is InChI=1S/C19H21N3O/c1-11(2)9-13-16(19(13,3)4)17(23)12(10-20)18-21-14-7-5-6-8-15(14)22-18/h5-9,12-13,16H,1-4H3,(H,21,22). The van der Waals surface area contributed by atoms with Gasteiger partial charge in [-0.2, -0.15) is 5.26 Å². The summed E-state index contributed by atoms with van der Waals surface area (Å²) in [6.07, 6.45) is 2.15. The lowest BCUT2D eigenvalue weighted by molar-refractivity contribution is -0.121. The van der Waals surface area contributed by atoms with Crippen molar-refractivity contribution in [3.63, 3.8) is 0 Å². The Labute approximate surface area is 136 Å². The number of carbonyl (C=O) groups is 1. The number of fused-ring (bicyclic) bond motifs is 1. The van der Waals surface area contributed by atoms with E-state index in [1.807, 2.05) is 38.1 Å². The van der Waals surface area contributed by atoms with Crippen LogP contribution in [0.25, 0.3) is 11.0 Å². The third-order valence-corrected chi connectivity index (χ3v) is 4.82. The summed E-state index contributed by atoms with van der Waals surface area (Å²) < 4.78 is 0. The van der Waals surface area contributed by atoms with Crippen LogP contribution >= 0.6 is 0 Å². The molecule has 2 aromatic rings. The van der Waals surface area contributed by atoms with Gasteiger partial charge < -0.3 is 4.98 Å². The molecule has 0 bridgehead atoms. The van der Waals surface area contributed by atoms with E-state index < -0.39 is 5.92 Å². The van der Waals surface area contributed by atoms with E-state index in [1.54, 1.807) is 0 Å². The summed E-state index contributed by atoms with van der Waals surface area (Å²) in [5.74, 6) is -0.311. The minimum Gasteiger partial charge on any atom is -0.340 e. The van der Waals surface area contributed by atoms with E-state index in [4.69, 9.17) is 0 Å². The summed E-state index contributed by atoms with van der Waals surface area (Å²) in [6, 6.07) is 9.72. The van der Waals surface area contributed by atoms with E-state index in [2.05, 4.69) is 36.0 Å². The van der Waals surface area contributed by atoms with Crippen molar-refractivity contribution in [2.75, 3.05) is 0 Å². The number of para-hydroxylation sites is 2. The predicted molar refractivity (Wildman–Crippen MR) is 89.6 cm³/mol. The first kappa shape index (κ1) is 15.5. The Balaban J connectivity index is 1.91. The van der Waals surface area contributed by atoms with Crippen LogP contribution in [0, 0.1) is 28.6 Å². The minimum atomic E-state index is -0.831. The number of allylic oxidation sites excluding steroid dienone is 2. The van der Waals surface area contributed by atoms with Crippen molar-refractivity contribution in [2.24, 2.45) is 17.3 Å². The van der Waals surface area contributed by atoms with Gasteiger partial charge in [0.1, 0.15) is 5.82 Å². The number of rotatable bonds is 4. The lowest BCUT2D eigenvalue weighted by atomic mass is 9.97. The Morgan fingerprint density at radius 1 is 1.39 bits per heavy atom. The lowest BCUT2D eigenvalue weighted by Crippen LogP contribution is -2.17. The number of hydrogen-bond acceptors (Lipinski definition) is 3. The maximum Gasteiger partial charge on any atom is 0.162 e. The van der Waals surface area contributed by atoms with E-state index in [-0.39, 0.29) is 23.0 Å². The fraction of sp³-hybridized carbons (Fsp3) is 0.421. The summed E-state index contributed by atoms with van der Waals surface area (Å²) >= 11 is 0. The number of aromatic nitrogens is 2. The molecular formula is C19H21N3O. The fourth-order valence-corrected chi connectivity index (χ4v) is 3.44. The minimum absolute atomic E-state index is 0.0287. The quantitative estimate of drug-likeness (QED) is 0.869. The molecule has 3 atom stereocenters. The van der Waals surface area contributed by atoms with Gasteiger partial charge in [-0.3, -0.25) is 4.79 Å². The van der Waals surface area contributed by atoms with Crippen LogP contribution in [0.15, 0.2) is 35.9 Å². The van der Waals surface area contributed by atoms with Crippen LogP contribution in [0.5, 0.6) is 0 Å². The molecule has 1 fully saturated rings. The zero-order chi connectivity index (χ0) is 16.8. The van der Waals surface area contributed by atoms with Crippen LogP contribution in [-0.4, -0.2) is 15.8 Å². The molecule has 0 saturated heterocycles. The lowest BCUT2D eigenvalue weighted by Gasteiger charge is -2.06. The number of H-pyrrole nitrogens is 1. The van der Waals surface area contributed by atoms with Gasteiger partial charge in [-0.1, -0.05) is 37.6 Å². The van der Waals surface area contributed by atoms with Crippen molar-refractivity contribution in [1.82, 2.24) is 9.97 Å². The first-order valence-corrected chi connectivity index (χ1v) is 7.89. The normalized spacial score (nSPS) is 23.1. The number of nitrogens with one attached hydrogen (secondary N) is 1. The molecule has 0 radical (unpaired) electrons. The van der Waals surface area contributed by atoms with E-state index in [0.29, 0.717) is 5.82 Å². The number of aromatic amines is 1. The number of carbonyl (C=O) groups excluding carboxylic acids is 1. The third kappa shape index (κ3) is 2.57.